The van der Waals surface area contributed by atoms with Crippen molar-refractivity contribution < 1.29 is 68.7 Å². The number of allylic oxidation sites excluding steroid dienone is 1. The Hall–Kier alpha value is -4.46. The van der Waals surface area contributed by atoms with Crippen LogP contribution in [-0.4, -0.2) is 32.0 Å². The number of nitro groups is 2. The van der Waals surface area contributed by atoms with E-state index in [2.05, 4.69) is 34.6 Å². The molecule has 0 aliphatic heterocycles. The zero-order chi connectivity index (χ0) is 52.4. The molecule has 0 heterocycles. The van der Waals surface area contributed by atoms with E-state index in [1.54, 1.807) is 24.3 Å². The molecule has 4 aliphatic rings. The monoisotopic (exact) mass is 1060 g/mol. The van der Waals surface area contributed by atoms with Gasteiger partial charge in [0.25, 0.3) is 11.4 Å². The SMILES string of the molecule is CC(C)CCCC(C)[C@H]1CC[C@H]2[C@@H]3CC[C@H]4C[C@@H](CCC=C(c5cc(Cl)c(OCc6ccccc6[N+](=O)[O-])c(C(=O)O)c5)c5cc(Cl)c(OCc6ccccc6[N+](=O)[O-])c(C(=O)O)c5)CC[C@]4(C)[C@H]3CC[C@]12C.[Na+]. The van der Waals surface area contributed by atoms with Gasteiger partial charge in [-0.3, -0.25) is 20.2 Å². The van der Waals surface area contributed by atoms with Crippen LogP contribution in [0.15, 0.2) is 78.9 Å². The molecule has 0 saturated heterocycles. The molecule has 4 aromatic carbocycles. The second kappa shape index (κ2) is 24.3. The number of carboxylic acids is 2. The Morgan fingerprint density at radius 1 is 0.730 bits per heavy atom. The topological polar surface area (TPSA) is 179 Å². The van der Waals surface area contributed by atoms with Gasteiger partial charge in [-0.2, -0.15) is 0 Å². The third-order valence-corrected chi connectivity index (χ3v) is 18.8. The molecule has 4 aliphatic carbocycles. The molecule has 390 valence electrons. The van der Waals surface area contributed by atoms with Gasteiger partial charge in [-0.1, -0.05) is 107 Å². The molecule has 0 spiro atoms. The average Bonchev–Trinajstić information content (AvgIpc) is 3.71. The molecule has 0 amide bonds. The number of halogens is 2. The summed E-state index contributed by atoms with van der Waals surface area (Å²) in [5.41, 5.74) is 1.45. The van der Waals surface area contributed by atoms with E-state index in [9.17, 15) is 40.0 Å². The number of ether oxygens (including phenoxy) is 2. The molecule has 4 fully saturated rings. The fourth-order valence-corrected chi connectivity index (χ4v) is 15.1. The van der Waals surface area contributed by atoms with Gasteiger partial charge in [-0.15, -0.1) is 0 Å². The number of benzene rings is 4. The Morgan fingerprint density at radius 3 is 1.78 bits per heavy atom. The van der Waals surface area contributed by atoms with E-state index in [1.165, 1.54) is 113 Å². The first-order valence-corrected chi connectivity index (χ1v) is 27.1. The molecule has 1 unspecified atom stereocenters. The van der Waals surface area contributed by atoms with E-state index in [4.69, 9.17) is 32.7 Å². The summed E-state index contributed by atoms with van der Waals surface area (Å²) in [4.78, 5) is 48.3. The molecule has 8 rings (SSSR count). The van der Waals surface area contributed by atoms with Crippen molar-refractivity contribution in [2.45, 2.75) is 138 Å². The summed E-state index contributed by atoms with van der Waals surface area (Å²) in [6.45, 7) is 11.8. The van der Waals surface area contributed by atoms with Crippen LogP contribution in [0.5, 0.6) is 11.5 Å². The van der Waals surface area contributed by atoms with Crippen molar-refractivity contribution in [2.24, 2.45) is 58.2 Å². The Morgan fingerprint density at radius 2 is 1.26 bits per heavy atom. The number of nitrogens with zero attached hydrogens (tertiary/aromatic N) is 2. The van der Waals surface area contributed by atoms with Crippen molar-refractivity contribution >= 4 is 52.1 Å². The standard InChI is InChI=1S/C59H70Cl2N2O10.Na/c1-35(2)12-10-13-36(3)47-22-23-48-44-21-20-42-28-37(24-26-58(42,4)49(44)25-27-59(47,48)5)14-11-17-43(40-29-45(56(64)65)54(50(60)31-40)72-33-38-15-6-8-18-52(38)62(68)69)41-30-46(57(66)67)55(51(61)32-41)73-34-39-16-7-9-19-53(39)63(70)71;/h6-9,15-19,29-32,35-37,42,44,47-49H,10-14,20-28,33-34H2,1-5H3,(H,64,65)(H,66,67);/q;+1/t36?,37-,42-,44-,47+,48-,49-,58-,59+;/m0./s1. The molecule has 0 radical (unpaired) electrons. The molecule has 4 saturated carbocycles. The second-order valence-corrected chi connectivity index (χ2v) is 23.5. The van der Waals surface area contributed by atoms with Crippen LogP contribution in [0.2, 0.25) is 10.0 Å². The van der Waals surface area contributed by atoms with Gasteiger partial charge in [0.15, 0.2) is 11.5 Å². The second-order valence-electron chi connectivity index (χ2n) is 22.7. The van der Waals surface area contributed by atoms with Crippen LogP contribution in [0.3, 0.4) is 0 Å². The largest absolute Gasteiger partial charge is 1.00 e. The van der Waals surface area contributed by atoms with E-state index in [0.717, 1.165) is 54.8 Å². The summed E-state index contributed by atoms with van der Waals surface area (Å²) in [5.74, 6) is 2.82. The van der Waals surface area contributed by atoms with Crippen molar-refractivity contribution in [3.8, 4) is 11.5 Å². The van der Waals surface area contributed by atoms with Crippen molar-refractivity contribution in [3.05, 3.63) is 143 Å². The van der Waals surface area contributed by atoms with Crippen molar-refractivity contribution in [1.29, 1.82) is 0 Å². The summed E-state index contributed by atoms with van der Waals surface area (Å²) in [6, 6.07) is 17.9. The summed E-state index contributed by atoms with van der Waals surface area (Å²) >= 11 is 13.8. The number of hydrogen-bond donors (Lipinski definition) is 2. The van der Waals surface area contributed by atoms with Crippen LogP contribution >= 0.6 is 23.2 Å². The van der Waals surface area contributed by atoms with Crippen LogP contribution in [0, 0.1) is 78.4 Å². The minimum Gasteiger partial charge on any atom is -0.486 e. The van der Waals surface area contributed by atoms with Crippen molar-refractivity contribution in [3.63, 3.8) is 0 Å². The Kier molecular flexibility index (Phi) is 18.8. The number of para-hydroxylation sites is 2. The Bertz CT molecular complexity index is 2640. The smallest absolute Gasteiger partial charge is 0.486 e. The van der Waals surface area contributed by atoms with Crippen molar-refractivity contribution in [1.82, 2.24) is 0 Å². The molecule has 0 bridgehead atoms. The third kappa shape index (κ3) is 12.0. The zero-order valence-electron chi connectivity index (χ0n) is 43.7. The quantitative estimate of drug-likeness (QED) is 0.0491. The van der Waals surface area contributed by atoms with Gasteiger partial charge in [0.1, 0.15) is 24.3 Å². The number of nitro benzene ring substituents is 2. The maximum Gasteiger partial charge on any atom is 1.00 e. The number of rotatable bonds is 20. The van der Waals surface area contributed by atoms with E-state index in [0.29, 0.717) is 45.8 Å². The van der Waals surface area contributed by atoms with Crippen LogP contribution in [0.1, 0.15) is 167 Å². The van der Waals surface area contributed by atoms with Crippen LogP contribution in [0.25, 0.3) is 5.57 Å². The van der Waals surface area contributed by atoms with Gasteiger partial charge in [-0.25, -0.2) is 9.59 Å². The number of hydrogen-bond acceptors (Lipinski definition) is 8. The van der Waals surface area contributed by atoms with Gasteiger partial charge in [0.05, 0.1) is 31.0 Å². The molecular formula is C59H70Cl2N2NaO10+. The average molecular weight is 1060 g/mol. The fourth-order valence-electron chi connectivity index (χ4n) is 14.5. The van der Waals surface area contributed by atoms with E-state index < -0.39 is 21.8 Å². The van der Waals surface area contributed by atoms with E-state index in [-0.39, 0.29) is 97.9 Å². The van der Waals surface area contributed by atoms with Gasteiger partial charge >= 0.3 is 41.5 Å². The first-order valence-electron chi connectivity index (χ1n) is 26.3. The van der Waals surface area contributed by atoms with Gasteiger partial charge in [-0.05, 0) is 182 Å². The molecule has 2 N–H and O–H groups in total. The predicted molar refractivity (Wildman–Crippen MR) is 285 cm³/mol. The van der Waals surface area contributed by atoms with E-state index in [1.807, 2.05) is 6.08 Å². The maximum atomic E-state index is 13.0. The Labute approximate surface area is 467 Å². The van der Waals surface area contributed by atoms with Gasteiger partial charge < -0.3 is 19.7 Å². The maximum absolute atomic E-state index is 13.0. The molecule has 12 nitrogen and oxygen atoms in total. The van der Waals surface area contributed by atoms with Crippen molar-refractivity contribution in [2.75, 3.05) is 0 Å². The van der Waals surface area contributed by atoms with Crippen LogP contribution in [0.4, 0.5) is 11.4 Å². The van der Waals surface area contributed by atoms with Crippen LogP contribution in [-0.2, 0) is 13.2 Å². The zero-order valence-corrected chi connectivity index (χ0v) is 47.3. The minimum absolute atomic E-state index is 0. The number of carboxylic acid groups (broad SMARTS) is 2. The number of aromatic carboxylic acids is 2. The van der Waals surface area contributed by atoms with E-state index >= 15 is 0 Å². The normalized spacial score (nSPS) is 25.4. The summed E-state index contributed by atoms with van der Waals surface area (Å²) < 4.78 is 11.9. The number of carbonyl (C=O) groups is 2. The minimum atomic E-state index is -1.36. The Balaban J connectivity index is 0.00000800. The predicted octanol–water partition coefficient (Wildman–Crippen LogP) is 13.3. The molecular weight excluding hydrogens is 991 g/mol. The third-order valence-electron chi connectivity index (χ3n) is 18.2. The summed E-state index contributed by atoms with van der Waals surface area (Å²) in [5, 5.41) is 44.5. The molecule has 9 atom stereocenters. The molecule has 15 heteroatoms. The number of fused-ring (bicyclic) bond motifs is 5. The first-order chi connectivity index (χ1) is 34.8. The molecule has 74 heavy (non-hydrogen) atoms. The van der Waals surface area contributed by atoms with Gasteiger partial charge in [0, 0.05) is 12.1 Å². The van der Waals surface area contributed by atoms with Gasteiger partial charge in [0.2, 0.25) is 0 Å². The fraction of sp³-hybridized carbons (Fsp3) is 0.525. The molecule has 4 aromatic rings. The van der Waals surface area contributed by atoms with Crippen LogP contribution < -0.4 is 39.0 Å². The summed E-state index contributed by atoms with van der Waals surface area (Å²) in [6.07, 6.45) is 19.0. The molecule has 0 aromatic heterocycles. The first kappa shape index (κ1) is 57.2. The summed E-state index contributed by atoms with van der Waals surface area (Å²) in [7, 11) is 0.